The third-order valence-electron chi connectivity index (χ3n) is 3.95. The van der Waals surface area contributed by atoms with Crippen molar-refractivity contribution in [1.82, 2.24) is 4.90 Å². The predicted octanol–water partition coefficient (Wildman–Crippen LogP) is 2.36. The summed E-state index contributed by atoms with van der Waals surface area (Å²) in [5.74, 6) is 0.874. The lowest BCUT2D eigenvalue weighted by Crippen LogP contribution is -2.42. The highest BCUT2D eigenvalue weighted by Gasteiger charge is 2.20. The Labute approximate surface area is 134 Å². The Balaban J connectivity index is 1.93. The van der Waals surface area contributed by atoms with Crippen LogP contribution in [0.2, 0.25) is 0 Å². The fraction of sp³-hybridized carbons (Fsp3) is 0.667. The first-order chi connectivity index (χ1) is 10.4. The number of β-amino-alcohol motifs (C(OH)–C–C–N with tert-alkyl or cyclic N) is 1. The van der Waals surface area contributed by atoms with Gasteiger partial charge in [-0.2, -0.15) is 0 Å². The molecule has 0 amide bonds. The van der Waals surface area contributed by atoms with E-state index in [-0.39, 0.29) is 5.41 Å². The largest absolute Gasteiger partial charge is 0.491 e. The van der Waals surface area contributed by atoms with E-state index in [1.165, 1.54) is 11.1 Å². The second-order valence-electron chi connectivity index (χ2n) is 7.13. The number of aryl methyl sites for hydroxylation is 1. The van der Waals surface area contributed by atoms with E-state index in [4.69, 9.17) is 9.47 Å². The van der Waals surface area contributed by atoms with Crippen LogP contribution in [0.3, 0.4) is 0 Å². The van der Waals surface area contributed by atoms with Gasteiger partial charge in [0.05, 0.1) is 13.2 Å². The van der Waals surface area contributed by atoms with Crippen molar-refractivity contribution in [3.63, 3.8) is 0 Å². The summed E-state index contributed by atoms with van der Waals surface area (Å²) in [5, 5.41) is 10.2. The second-order valence-corrected chi connectivity index (χ2v) is 7.13. The van der Waals surface area contributed by atoms with Crippen LogP contribution in [0.25, 0.3) is 0 Å². The molecule has 1 aromatic rings. The fourth-order valence-electron chi connectivity index (χ4n) is 2.68. The molecule has 0 bridgehead atoms. The first kappa shape index (κ1) is 17.3. The normalized spacial score (nSPS) is 18.2. The Bertz CT molecular complexity index is 476. The summed E-state index contributed by atoms with van der Waals surface area (Å²) in [6.07, 6.45) is -0.479. The third-order valence-corrected chi connectivity index (χ3v) is 3.95. The number of hydrogen-bond donors (Lipinski definition) is 1. The Morgan fingerprint density at radius 1 is 1.27 bits per heavy atom. The molecule has 1 heterocycles. The summed E-state index contributed by atoms with van der Waals surface area (Å²) in [6.45, 7) is 12.9. The van der Waals surface area contributed by atoms with E-state index in [0.29, 0.717) is 13.2 Å². The van der Waals surface area contributed by atoms with E-state index in [9.17, 15) is 5.11 Å². The molecule has 124 valence electrons. The van der Waals surface area contributed by atoms with Gasteiger partial charge in [-0.3, -0.25) is 4.90 Å². The number of rotatable bonds is 5. The maximum Gasteiger partial charge on any atom is 0.123 e. The molecule has 4 heteroatoms. The van der Waals surface area contributed by atoms with Gasteiger partial charge in [0.15, 0.2) is 0 Å². The number of aliphatic hydroxyl groups excluding tert-OH is 1. The van der Waals surface area contributed by atoms with Gasteiger partial charge >= 0.3 is 0 Å². The van der Waals surface area contributed by atoms with Crippen LogP contribution < -0.4 is 4.74 Å². The number of aliphatic hydroxyl groups is 1. The zero-order valence-corrected chi connectivity index (χ0v) is 14.3. The highest BCUT2D eigenvalue weighted by Crippen LogP contribution is 2.32. The number of benzene rings is 1. The van der Waals surface area contributed by atoms with Gasteiger partial charge in [0.1, 0.15) is 18.5 Å². The maximum absolute atomic E-state index is 10.2. The molecule has 4 nitrogen and oxygen atoms in total. The van der Waals surface area contributed by atoms with Gasteiger partial charge in [-0.15, -0.1) is 0 Å². The lowest BCUT2D eigenvalue weighted by atomic mass is 9.85. The van der Waals surface area contributed by atoms with E-state index in [1.807, 2.05) is 6.07 Å². The van der Waals surface area contributed by atoms with Crippen molar-refractivity contribution in [2.24, 2.45) is 0 Å². The molecule has 0 saturated carbocycles. The van der Waals surface area contributed by atoms with Crippen molar-refractivity contribution < 1.29 is 14.6 Å². The van der Waals surface area contributed by atoms with Crippen molar-refractivity contribution >= 4 is 0 Å². The number of morpholine rings is 1. The summed E-state index contributed by atoms with van der Waals surface area (Å²) in [5.41, 5.74) is 2.44. The van der Waals surface area contributed by atoms with Gasteiger partial charge in [0.25, 0.3) is 0 Å². The molecule has 0 aliphatic carbocycles. The lowest BCUT2D eigenvalue weighted by Gasteiger charge is -2.29. The van der Waals surface area contributed by atoms with E-state index in [1.54, 1.807) is 0 Å². The highest BCUT2D eigenvalue weighted by atomic mass is 16.5. The minimum Gasteiger partial charge on any atom is -0.491 e. The summed E-state index contributed by atoms with van der Waals surface area (Å²) in [4.78, 5) is 2.22. The number of hydrogen-bond acceptors (Lipinski definition) is 4. The molecule has 1 atom stereocenters. The molecular weight excluding hydrogens is 278 g/mol. The lowest BCUT2D eigenvalue weighted by molar-refractivity contribution is 0.00450. The fourth-order valence-corrected chi connectivity index (χ4v) is 2.68. The minimum atomic E-state index is -0.479. The summed E-state index contributed by atoms with van der Waals surface area (Å²) in [7, 11) is 0. The van der Waals surface area contributed by atoms with E-state index >= 15 is 0 Å². The standard InChI is InChI=1S/C18H29NO3/c1-14-5-6-17(16(11-14)18(2,3)4)22-13-15(20)12-19-7-9-21-10-8-19/h5-6,11,15,20H,7-10,12-13H2,1-4H3/t15-/m1/s1. The summed E-state index contributed by atoms with van der Waals surface area (Å²) in [6, 6.07) is 6.24. The van der Waals surface area contributed by atoms with E-state index < -0.39 is 6.10 Å². The number of nitrogens with zero attached hydrogens (tertiary/aromatic N) is 1. The average Bonchev–Trinajstić information content (AvgIpc) is 2.46. The zero-order valence-electron chi connectivity index (χ0n) is 14.3. The van der Waals surface area contributed by atoms with Crippen LogP contribution in [0, 0.1) is 6.92 Å². The maximum atomic E-state index is 10.2. The van der Waals surface area contributed by atoms with Crippen LogP contribution in [0.15, 0.2) is 18.2 Å². The summed E-state index contributed by atoms with van der Waals surface area (Å²) >= 11 is 0. The monoisotopic (exact) mass is 307 g/mol. The van der Waals surface area contributed by atoms with E-state index in [0.717, 1.165) is 32.1 Å². The average molecular weight is 307 g/mol. The zero-order chi connectivity index (χ0) is 16.2. The van der Waals surface area contributed by atoms with Crippen LogP contribution in [-0.4, -0.2) is 55.6 Å². The molecule has 2 rings (SSSR count). The van der Waals surface area contributed by atoms with Crippen molar-refractivity contribution in [3.8, 4) is 5.75 Å². The van der Waals surface area contributed by atoms with E-state index in [2.05, 4.69) is 44.7 Å². The van der Waals surface area contributed by atoms with Gasteiger partial charge in [-0.05, 0) is 24.0 Å². The summed E-state index contributed by atoms with van der Waals surface area (Å²) < 4.78 is 11.2. The smallest absolute Gasteiger partial charge is 0.123 e. The van der Waals surface area contributed by atoms with Crippen LogP contribution >= 0.6 is 0 Å². The Hall–Kier alpha value is -1.10. The molecule has 1 N–H and O–H groups in total. The third kappa shape index (κ3) is 4.97. The first-order valence-electron chi connectivity index (χ1n) is 8.08. The molecule has 0 spiro atoms. The van der Waals surface area contributed by atoms with Crippen LogP contribution in [0.4, 0.5) is 0 Å². The first-order valence-corrected chi connectivity index (χ1v) is 8.08. The van der Waals surface area contributed by atoms with Gasteiger partial charge in [0.2, 0.25) is 0 Å². The molecule has 1 saturated heterocycles. The Kier molecular flexibility index (Phi) is 5.84. The molecule has 0 unspecified atom stereocenters. The molecule has 1 fully saturated rings. The van der Waals surface area contributed by atoms with Crippen LogP contribution in [0.5, 0.6) is 5.75 Å². The highest BCUT2D eigenvalue weighted by molar-refractivity contribution is 5.41. The molecule has 1 aliphatic heterocycles. The van der Waals surface area contributed by atoms with Crippen molar-refractivity contribution in [3.05, 3.63) is 29.3 Å². The van der Waals surface area contributed by atoms with Crippen molar-refractivity contribution in [2.45, 2.75) is 39.2 Å². The van der Waals surface area contributed by atoms with Crippen LogP contribution in [0.1, 0.15) is 31.9 Å². The van der Waals surface area contributed by atoms with Crippen molar-refractivity contribution in [2.75, 3.05) is 39.5 Å². The van der Waals surface area contributed by atoms with Crippen LogP contribution in [-0.2, 0) is 10.2 Å². The number of ether oxygens (including phenoxy) is 2. The topological polar surface area (TPSA) is 41.9 Å². The molecule has 1 aromatic carbocycles. The SMILES string of the molecule is Cc1ccc(OC[C@H](O)CN2CCOCC2)c(C(C)(C)C)c1. The Morgan fingerprint density at radius 3 is 2.59 bits per heavy atom. The molecular formula is C18H29NO3. The Morgan fingerprint density at radius 2 is 1.95 bits per heavy atom. The minimum absolute atomic E-state index is 0.0243. The quantitative estimate of drug-likeness (QED) is 0.907. The van der Waals surface area contributed by atoms with Gasteiger partial charge in [0, 0.05) is 19.6 Å². The molecule has 1 aliphatic rings. The van der Waals surface area contributed by atoms with Gasteiger partial charge in [-0.1, -0.05) is 38.5 Å². The van der Waals surface area contributed by atoms with Crippen molar-refractivity contribution in [1.29, 1.82) is 0 Å². The van der Waals surface area contributed by atoms with Gasteiger partial charge in [-0.25, -0.2) is 0 Å². The predicted molar refractivity (Wildman–Crippen MR) is 88.6 cm³/mol. The van der Waals surface area contributed by atoms with Gasteiger partial charge < -0.3 is 14.6 Å². The molecule has 0 aromatic heterocycles. The molecule has 0 radical (unpaired) electrons. The molecule has 22 heavy (non-hydrogen) atoms. The second kappa shape index (κ2) is 7.44.